The monoisotopic (exact) mass is 251 g/mol. The lowest BCUT2D eigenvalue weighted by Crippen LogP contribution is -2.39. The molecule has 0 bridgehead atoms. The van der Waals surface area contributed by atoms with E-state index in [2.05, 4.69) is 28.2 Å². The van der Waals surface area contributed by atoms with E-state index in [1.807, 2.05) is 13.8 Å². The number of hydrogen-bond acceptors (Lipinski definition) is 2. The van der Waals surface area contributed by atoms with Crippen molar-refractivity contribution in [3.05, 3.63) is 0 Å². The van der Waals surface area contributed by atoms with Gasteiger partial charge in [0.25, 0.3) is 0 Å². The molecule has 0 aromatic heterocycles. The average Bonchev–Trinajstić information content (AvgIpc) is 2.13. The first-order valence-corrected chi connectivity index (χ1v) is 5.67. The highest BCUT2D eigenvalue weighted by atomic mass is 79.9. The minimum Gasteiger partial charge on any atom is -0.372 e. The largest absolute Gasteiger partial charge is 0.372 e. The summed E-state index contributed by atoms with van der Waals surface area (Å²) >= 11 is 3.38. The first-order chi connectivity index (χ1) is 6.11. The molecule has 0 aliphatic heterocycles. The lowest BCUT2D eigenvalue weighted by Gasteiger charge is -2.18. The Morgan fingerprint density at radius 3 is 2.62 bits per heavy atom. The van der Waals surface area contributed by atoms with E-state index in [0.717, 1.165) is 5.33 Å². The Kier molecular flexibility index (Phi) is 7.28. The molecule has 13 heavy (non-hydrogen) atoms. The van der Waals surface area contributed by atoms with Crippen molar-refractivity contribution in [3.8, 4) is 0 Å². The van der Waals surface area contributed by atoms with Gasteiger partial charge in [0.05, 0.1) is 0 Å². The summed E-state index contributed by atoms with van der Waals surface area (Å²) in [6.07, 6.45) is 0. The maximum atomic E-state index is 11.2. The Labute approximate surface area is 88.4 Å². The van der Waals surface area contributed by atoms with Gasteiger partial charge < -0.3 is 10.1 Å². The van der Waals surface area contributed by atoms with Gasteiger partial charge in [-0.2, -0.15) is 0 Å². The van der Waals surface area contributed by atoms with Crippen LogP contribution in [0.3, 0.4) is 0 Å². The number of alkyl halides is 1. The standard InChI is InChI=1S/C9H18BrNO2/c1-4-13-6-9(12)11-8(3)7(2)5-10/h7-8H,4-6H2,1-3H3,(H,11,12). The molecule has 1 N–H and O–H groups in total. The van der Waals surface area contributed by atoms with Crippen molar-refractivity contribution >= 4 is 21.8 Å². The third kappa shape index (κ3) is 6.05. The highest BCUT2D eigenvalue weighted by molar-refractivity contribution is 9.09. The quantitative estimate of drug-likeness (QED) is 0.728. The van der Waals surface area contributed by atoms with Gasteiger partial charge in [0.2, 0.25) is 5.91 Å². The van der Waals surface area contributed by atoms with Crippen LogP contribution in [0.4, 0.5) is 0 Å². The van der Waals surface area contributed by atoms with Gasteiger partial charge in [-0.3, -0.25) is 4.79 Å². The summed E-state index contributed by atoms with van der Waals surface area (Å²) < 4.78 is 4.99. The van der Waals surface area contributed by atoms with E-state index in [1.165, 1.54) is 0 Å². The van der Waals surface area contributed by atoms with Crippen LogP contribution in [0.2, 0.25) is 0 Å². The van der Waals surface area contributed by atoms with Crippen LogP contribution in [0.15, 0.2) is 0 Å². The average molecular weight is 252 g/mol. The molecule has 0 saturated carbocycles. The molecule has 0 spiro atoms. The van der Waals surface area contributed by atoms with Crippen LogP contribution in [-0.4, -0.2) is 30.5 Å². The molecule has 0 heterocycles. The van der Waals surface area contributed by atoms with Crippen molar-refractivity contribution in [3.63, 3.8) is 0 Å². The fourth-order valence-electron chi connectivity index (χ4n) is 0.766. The summed E-state index contributed by atoms with van der Waals surface area (Å²) in [4.78, 5) is 11.2. The van der Waals surface area contributed by atoms with E-state index >= 15 is 0 Å². The molecular weight excluding hydrogens is 234 g/mol. The van der Waals surface area contributed by atoms with Gasteiger partial charge in [0.15, 0.2) is 0 Å². The topological polar surface area (TPSA) is 38.3 Å². The molecule has 0 aliphatic rings. The second-order valence-corrected chi connectivity index (χ2v) is 3.77. The van der Waals surface area contributed by atoms with Crippen molar-refractivity contribution in [1.82, 2.24) is 5.32 Å². The van der Waals surface area contributed by atoms with Crippen molar-refractivity contribution in [2.45, 2.75) is 26.8 Å². The second kappa shape index (κ2) is 7.33. The van der Waals surface area contributed by atoms with Gasteiger partial charge >= 0.3 is 0 Å². The van der Waals surface area contributed by atoms with E-state index in [4.69, 9.17) is 4.74 Å². The van der Waals surface area contributed by atoms with E-state index in [9.17, 15) is 4.79 Å². The Morgan fingerprint density at radius 2 is 2.15 bits per heavy atom. The number of carbonyl (C=O) groups excluding carboxylic acids is 1. The molecule has 2 atom stereocenters. The van der Waals surface area contributed by atoms with Gasteiger partial charge in [-0.05, 0) is 19.8 Å². The summed E-state index contributed by atoms with van der Waals surface area (Å²) in [7, 11) is 0. The number of carbonyl (C=O) groups is 1. The maximum absolute atomic E-state index is 11.2. The summed E-state index contributed by atoms with van der Waals surface area (Å²) in [6, 6.07) is 0.187. The highest BCUT2D eigenvalue weighted by Crippen LogP contribution is 2.05. The normalized spacial score (nSPS) is 15.1. The van der Waals surface area contributed by atoms with Crippen molar-refractivity contribution in [2.75, 3.05) is 18.5 Å². The summed E-state index contributed by atoms with van der Waals surface area (Å²) in [5.74, 6) is 0.396. The minimum atomic E-state index is -0.0397. The first kappa shape index (κ1) is 12.9. The Morgan fingerprint density at radius 1 is 1.54 bits per heavy atom. The van der Waals surface area contributed by atoms with E-state index in [-0.39, 0.29) is 18.6 Å². The summed E-state index contributed by atoms with van der Waals surface area (Å²) in [5.41, 5.74) is 0. The second-order valence-electron chi connectivity index (χ2n) is 3.12. The van der Waals surface area contributed by atoms with Gasteiger partial charge in [-0.15, -0.1) is 0 Å². The fourth-order valence-corrected chi connectivity index (χ4v) is 1.33. The third-order valence-corrected chi connectivity index (χ3v) is 2.94. The molecule has 0 fully saturated rings. The zero-order valence-electron chi connectivity index (χ0n) is 8.47. The number of hydrogen-bond donors (Lipinski definition) is 1. The Hall–Kier alpha value is -0.0900. The molecule has 4 heteroatoms. The number of halogens is 1. The van der Waals surface area contributed by atoms with Crippen LogP contribution >= 0.6 is 15.9 Å². The van der Waals surface area contributed by atoms with Crippen LogP contribution in [0.25, 0.3) is 0 Å². The van der Waals surface area contributed by atoms with Gasteiger partial charge in [0.1, 0.15) is 6.61 Å². The number of nitrogens with one attached hydrogen (secondary N) is 1. The molecule has 1 amide bonds. The van der Waals surface area contributed by atoms with E-state index < -0.39 is 0 Å². The molecule has 0 aromatic rings. The zero-order valence-corrected chi connectivity index (χ0v) is 10.1. The lowest BCUT2D eigenvalue weighted by molar-refractivity contribution is -0.126. The predicted molar refractivity (Wildman–Crippen MR) is 57.1 cm³/mol. The van der Waals surface area contributed by atoms with Crippen molar-refractivity contribution in [2.24, 2.45) is 5.92 Å². The first-order valence-electron chi connectivity index (χ1n) is 4.54. The maximum Gasteiger partial charge on any atom is 0.246 e. The fraction of sp³-hybridized carbons (Fsp3) is 0.889. The van der Waals surface area contributed by atoms with Crippen LogP contribution < -0.4 is 5.32 Å². The van der Waals surface area contributed by atoms with Crippen LogP contribution in [-0.2, 0) is 9.53 Å². The van der Waals surface area contributed by atoms with Crippen molar-refractivity contribution in [1.29, 1.82) is 0 Å². The van der Waals surface area contributed by atoms with Crippen LogP contribution in [0.5, 0.6) is 0 Å². The molecule has 2 unspecified atom stereocenters. The summed E-state index contributed by atoms with van der Waals surface area (Å²) in [5, 5.41) is 3.76. The highest BCUT2D eigenvalue weighted by Gasteiger charge is 2.12. The van der Waals surface area contributed by atoms with Crippen LogP contribution in [0.1, 0.15) is 20.8 Å². The van der Waals surface area contributed by atoms with E-state index in [0.29, 0.717) is 12.5 Å². The third-order valence-electron chi connectivity index (χ3n) is 1.92. The zero-order chi connectivity index (χ0) is 10.3. The van der Waals surface area contributed by atoms with Gasteiger partial charge in [0, 0.05) is 18.0 Å². The summed E-state index contributed by atoms with van der Waals surface area (Å²) in [6.45, 7) is 6.69. The molecule has 0 rings (SSSR count). The minimum absolute atomic E-state index is 0.0397. The molecule has 0 aliphatic carbocycles. The predicted octanol–water partition coefficient (Wildman–Crippen LogP) is 1.56. The Bertz CT molecular complexity index is 153. The Balaban J connectivity index is 3.64. The van der Waals surface area contributed by atoms with Gasteiger partial charge in [-0.1, -0.05) is 22.9 Å². The van der Waals surface area contributed by atoms with Crippen LogP contribution in [0, 0.1) is 5.92 Å². The number of amides is 1. The van der Waals surface area contributed by atoms with Gasteiger partial charge in [-0.25, -0.2) is 0 Å². The smallest absolute Gasteiger partial charge is 0.246 e. The molecule has 3 nitrogen and oxygen atoms in total. The molecule has 0 saturated heterocycles. The molecular formula is C9H18BrNO2. The van der Waals surface area contributed by atoms with Crippen molar-refractivity contribution < 1.29 is 9.53 Å². The molecule has 78 valence electrons. The SMILES string of the molecule is CCOCC(=O)NC(C)C(C)CBr. The van der Waals surface area contributed by atoms with E-state index in [1.54, 1.807) is 0 Å². The lowest BCUT2D eigenvalue weighted by atomic mass is 10.1. The number of ether oxygens (including phenoxy) is 1. The molecule has 0 radical (unpaired) electrons. The molecule has 0 aromatic carbocycles. The number of rotatable bonds is 6.